The molecule has 0 saturated carbocycles. The second-order valence-electron chi connectivity index (χ2n) is 6.34. The molecule has 2 amide bonds. The van der Waals surface area contributed by atoms with Crippen LogP contribution in [0, 0.1) is 0 Å². The molecule has 3 aromatic carbocycles. The molecule has 31 heavy (non-hydrogen) atoms. The van der Waals surface area contributed by atoms with E-state index in [0.29, 0.717) is 22.7 Å². The highest BCUT2D eigenvalue weighted by Gasteiger charge is 2.11. The fourth-order valence-corrected chi connectivity index (χ4v) is 2.75. The van der Waals surface area contributed by atoms with E-state index in [4.69, 9.17) is 9.47 Å². The van der Waals surface area contributed by atoms with Crippen molar-refractivity contribution in [3.05, 3.63) is 88.9 Å². The lowest BCUT2D eigenvalue weighted by molar-refractivity contribution is -0.146. The third-order valence-electron chi connectivity index (χ3n) is 3.98. The van der Waals surface area contributed by atoms with Gasteiger partial charge in [-0.3, -0.25) is 14.4 Å². The van der Waals surface area contributed by atoms with Gasteiger partial charge in [0, 0.05) is 15.7 Å². The molecule has 3 rings (SSSR count). The normalized spacial score (nSPS) is 10.1. The standard InChI is InChI=1S/C23H19BrN2O5/c24-17-8-10-18(11-9-17)26-21(27)15-30-22(28)14-25-23(29)16-6-12-20(13-7-16)31-19-4-2-1-3-5-19/h1-13H,14-15H2,(H,25,29)(H,26,27). The number of hydrogen-bond donors (Lipinski definition) is 2. The van der Waals surface area contributed by atoms with E-state index in [-0.39, 0.29) is 6.54 Å². The van der Waals surface area contributed by atoms with E-state index in [0.717, 1.165) is 4.47 Å². The van der Waals surface area contributed by atoms with Crippen LogP contribution in [0.4, 0.5) is 5.69 Å². The Morgan fingerprint density at radius 2 is 1.45 bits per heavy atom. The van der Waals surface area contributed by atoms with Crippen molar-refractivity contribution in [3.63, 3.8) is 0 Å². The Kier molecular flexibility index (Phi) is 7.78. The molecule has 3 aromatic rings. The van der Waals surface area contributed by atoms with Crippen LogP contribution in [0.3, 0.4) is 0 Å². The van der Waals surface area contributed by atoms with Gasteiger partial charge in [0.05, 0.1) is 0 Å². The van der Waals surface area contributed by atoms with E-state index in [1.807, 2.05) is 30.3 Å². The third-order valence-corrected chi connectivity index (χ3v) is 4.51. The van der Waals surface area contributed by atoms with Gasteiger partial charge in [-0.2, -0.15) is 0 Å². The van der Waals surface area contributed by atoms with Crippen LogP contribution in [-0.4, -0.2) is 30.9 Å². The molecule has 7 nitrogen and oxygen atoms in total. The number of nitrogens with one attached hydrogen (secondary N) is 2. The van der Waals surface area contributed by atoms with E-state index in [1.165, 1.54) is 0 Å². The minimum absolute atomic E-state index is 0.355. The number of carbonyl (C=O) groups excluding carboxylic acids is 3. The molecular weight excluding hydrogens is 464 g/mol. The number of halogens is 1. The Morgan fingerprint density at radius 1 is 0.806 bits per heavy atom. The summed E-state index contributed by atoms with van der Waals surface area (Å²) in [5.74, 6) is -0.368. The molecule has 0 aliphatic rings. The van der Waals surface area contributed by atoms with Gasteiger partial charge in [0.15, 0.2) is 6.61 Å². The molecule has 0 radical (unpaired) electrons. The van der Waals surface area contributed by atoms with Crippen LogP contribution in [0.15, 0.2) is 83.3 Å². The van der Waals surface area contributed by atoms with Crippen LogP contribution >= 0.6 is 15.9 Å². The summed E-state index contributed by atoms with van der Waals surface area (Å²) in [4.78, 5) is 35.8. The maximum absolute atomic E-state index is 12.2. The van der Waals surface area contributed by atoms with Gasteiger partial charge in [-0.25, -0.2) is 0 Å². The molecule has 0 aromatic heterocycles. The molecule has 0 bridgehead atoms. The topological polar surface area (TPSA) is 93.7 Å². The van der Waals surface area contributed by atoms with Gasteiger partial charge in [-0.1, -0.05) is 34.1 Å². The van der Waals surface area contributed by atoms with Crippen molar-refractivity contribution >= 4 is 39.4 Å². The molecule has 8 heteroatoms. The average molecular weight is 483 g/mol. The SMILES string of the molecule is O=C(COC(=O)CNC(=O)c1ccc(Oc2ccccc2)cc1)Nc1ccc(Br)cc1. The van der Waals surface area contributed by atoms with Crippen molar-refractivity contribution in [2.75, 3.05) is 18.5 Å². The lowest BCUT2D eigenvalue weighted by atomic mass is 10.2. The van der Waals surface area contributed by atoms with E-state index >= 15 is 0 Å². The van der Waals surface area contributed by atoms with Gasteiger partial charge < -0.3 is 20.1 Å². The van der Waals surface area contributed by atoms with Crippen molar-refractivity contribution in [1.82, 2.24) is 5.32 Å². The average Bonchev–Trinajstić information content (AvgIpc) is 2.79. The van der Waals surface area contributed by atoms with E-state index in [9.17, 15) is 14.4 Å². The van der Waals surface area contributed by atoms with Crippen molar-refractivity contribution in [2.24, 2.45) is 0 Å². The van der Waals surface area contributed by atoms with Crippen molar-refractivity contribution in [3.8, 4) is 11.5 Å². The molecule has 158 valence electrons. The summed E-state index contributed by atoms with van der Waals surface area (Å²) in [6, 6.07) is 22.7. The zero-order valence-corrected chi connectivity index (χ0v) is 17.9. The minimum atomic E-state index is -0.719. The van der Waals surface area contributed by atoms with Gasteiger partial charge in [0.2, 0.25) is 0 Å². The molecular formula is C23H19BrN2O5. The molecule has 0 atom stereocenters. The quantitative estimate of drug-likeness (QED) is 0.470. The number of esters is 1. The second kappa shape index (κ2) is 10.9. The summed E-state index contributed by atoms with van der Waals surface area (Å²) in [7, 11) is 0. The van der Waals surface area contributed by atoms with Crippen molar-refractivity contribution in [2.45, 2.75) is 0 Å². The Bertz CT molecular complexity index is 1040. The number of hydrogen-bond acceptors (Lipinski definition) is 5. The number of ether oxygens (including phenoxy) is 2. The molecule has 2 N–H and O–H groups in total. The van der Waals surface area contributed by atoms with Crippen LogP contribution < -0.4 is 15.4 Å². The van der Waals surface area contributed by atoms with E-state index < -0.39 is 24.4 Å². The molecule has 0 spiro atoms. The van der Waals surface area contributed by atoms with Crippen LogP contribution in [0.25, 0.3) is 0 Å². The Morgan fingerprint density at radius 3 is 2.13 bits per heavy atom. The van der Waals surface area contributed by atoms with Gasteiger partial charge in [0.25, 0.3) is 11.8 Å². The highest BCUT2D eigenvalue weighted by atomic mass is 79.9. The number of anilines is 1. The van der Waals surface area contributed by atoms with Gasteiger partial charge >= 0.3 is 5.97 Å². The maximum atomic E-state index is 12.2. The number of carbonyl (C=O) groups is 3. The monoisotopic (exact) mass is 482 g/mol. The zero-order chi connectivity index (χ0) is 22.1. The largest absolute Gasteiger partial charge is 0.457 e. The summed E-state index contributed by atoms with van der Waals surface area (Å²) < 4.78 is 11.4. The predicted molar refractivity (Wildman–Crippen MR) is 119 cm³/mol. The van der Waals surface area contributed by atoms with E-state index in [2.05, 4.69) is 26.6 Å². The maximum Gasteiger partial charge on any atom is 0.325 e. The summed E-state index contributed by atoms with van der Waals surface area (Å²) in [6.07, 6.45) is 0. The molecule has 0 fully saturated rings. The van der Waals surface area contributed by atoms with Gasteiger partial charge in [-0.15, -0.1) is 0 Å². The number of benzene rings is 3. The fourth-order valence-electron chi connectivity index (χ4n) is 2.48. The minimum Gasteiger partial charge on any atom is -0.457 e. The number of rotatable bonds is 8. The smallest absolute Gasteiger partial charge is 0.325 e. The molecule has 0 heterocycles. The number of para-hydroxylation sites is 1. The first-order valence-corrected chi connectivity index (χ1v) is 10.1. The Labute approximate surface area is 187 Å². The molecule has 0 aliphatic carbocycles. The van der Waals surface area contributed by atoms with Gasteiger partial charge in [0.1, 0.15) is 18.0 Å². The van der Waals surface area contributed by atoms with Crippen molar-refractivity contribution in [1.29, 1.82) is 0 Å². The third kappa shape index (κ3) is 7.27. The highest BCUT2D eigenvalue weighted by Crippen LogP contribution is 2.21. The van der Waals surface area contributed by atoms with Crippen LogP contribution in [0.2, 0.25) is 0 Å². The molecule has 0 saturated heterocycles. The summed E-state index contributed by atoms with van der Waals surface area (Å²) in [5.41, 5.74) is 0.943. The number of amides is 2. The van der Waals surface area contributed by atoms with Crippen LogP contribution in [0.1, 0.15) is 10.4 Å². The first-order valence-electron chi connectivity index (χ1n) is 9.32. The van der Waals surface area contributed by atoms with Crippen molar-refractivity contribution < 1.29 is 23.9 Å². The fraction of sp³-hybridized carbons (Fsp3) is 0.0870. The summed E-state index contributed by atoms with van der Waals surface area (Å²) in [6.45, 7) is -0.803. The lowest BCUT2D eigenvalue weighted by Crippen LogP contribution is -2.32. The second-order valence-corrected chi connectivity index (χ2v) is 7.25. The first-order chi connectivity index (χ1) is 15.0. The Hall–Kier alpha value is -3.65. The molecule has 0 unspecified atom stereocenters. The lowest BCUT2D eigenvalue weighted by Gasteiger charge is -2.09. The summed E-state index contributed by atoms with van der Waals surface area (Å²) in [5, 5.41) is 5.06. The van der Waals surface area contributed by atoms with E-state index in [1.54, 1.807) is 48.5 Å². The molecule has 0 aliphatic heterocycles. The predicted octanol–water partition coefficient (Wildman–Crippen LogP) is 4.15. The van der Waals surface area contributed by atoms with Gasteiger partial charge in [-0.05, 0) is 60.7 Å². The van der Waals surface area contributed by atoms with Crippen LogP contribution in [0.5, 0.6) is 11.5 Å². The summed E-state index contributed by atoms with van der Waals surface area (Å²) >= 11 is 3.30. The first kappa shape index (κ1) is 22.0. The highest BCUT2D eigenvalue weighted by molar-refractivity contribution is 9.10. The Balaban J connectivity index is 1.39. The van der Waals surface area contributed by atoms with Crippen LogP contribution in [-0.2, 0) is 14.3 Å². The zero-order valence-electron chi connectivity index (χ0n) is 16.3.